The van der Waals surface area contributed by atoms with Crippen molar-refractivity contribution in [1.29, 1.82) is 0 Å². The molecule has 2 rings (SSSR count). The largest absolute Gasteiger partial charge is 0.573 e. The van der Waals surface area contributed by atoms with Crippen molar-refractivity contribution in [2.24, 2.45) is 10.4 Å². The standard InChI is InChI=1S/C18H26F3N3O3/c1-22-16(24-12-17(7-10-25)8-11-26-13-17)23-9-6-14-2-4-15(5-3-14)27-18(19,20)21/h2-5,25H,6-13H2,1H3,(H2,22,23,24). The van der Waals surface area contributed by atoms with Crippen molar-refractivity contribution >= 4 is 5.96 Å². The zero-order valence-electron chi connectivity index (χ0n) is 15.3. The third-order valence-corrected chi connectivity index (χ3v) is 4.54. The van der Waals surface area contributed by atoms with Gasteiger partial charge in [0.25, 0.3) is 0 Å². The minimum atomic E-state index is -4.68. The van der Waals surface area contributed by atoms with E-state index in [4.69, 9.17) is 4.74 Å². The van der Waals surface area contributed by atoms with Gasteiger partial charge in [-0.2, -0.15) is 0 Å². The highest BCUT2D eigenvalue weighted by molar-refractivity contribution is 5.79. The Bertz CT molecular complexity index is 600. The van der Waals surface area contributed by atoms with Crippen LogP contribution in [0.2, 0.25) is 0 Å². The number of halogens is 3. The molecule has 6 nitrogen and oxygen atoms in total. The fraction of sp³-hybridized carbons (Fsp3) is 0.611. The zero-order chi connectivity index (χ0) is 19.8. The molecule has 0 aliphatic carbocycles. The highest BCUT2D eigenvalue weighted by atomic mass is 19.4. The summed E-state index contributed by atoms with van der Waals surface area (Å²) in [6.45, 7) is 2.65. The van der Waals surface area contributed by atoms with Crippen LogP contribution in [-0.2, 0) is 11.2 Å². The van der Waals surface area contributed by atoms with E-state index in [0.717, 1.165) is 12.0 Å². The van der Waals surface area contributed by atoms with Gasteiger partial charge in [-0.1, -0.05) is 12.1 Å². The molecule has 9 heteroatoms. The molecular weight excluding hydrogens is 363 g/mol. The van der Waals surface area contributed by atoms with Crippen molar-refractivity contribution in [3.05, 3.63) is 29.8 Å². The number of nitrogens with zero attached hydrogens (tertiary/aromatic N) is 1. The lowest BCUT2D eigenvalue weighted by Crippen LogP contribution is -2.45. The Morgan fingerprint density at radius 3 is 2.59 bits per heavy atom. The summed E-state index contributed by atoms with van der Waals surface area (Å²) in [7, 11) is 1.67. The van der Waals surface area contributed by atoms with Crippen LogP contribution in [0.25, 0.3) is 0 Å². The maximum atomic E-state index is 12.2. The van der Waals surface area contributed by atoms with Crippen LogP contribution in [0.3, 0.4) is 0 Å². The van der Waals surface area contributed by atoms with E-state index in [9.17, 15) is 18.3 Å². The average Bonchev–Trinajstić information content (AvgIpc) is 3.07. The molecule has 1 heterocycles. The van der Waals surface area contributed by atoms with Crippen LogP contribution in [-0.4, -0.2) is 57.4 Å². The molecule has 152 valence electrons. The predicted molar refractivity (Wildman–Crippen MR) is 95.8 cm³/mol. The van der Waals surface area contributed by atoms with Crippen LogP contribution >= 0.6 is 0 Å². The normalized spacial score (nSPS) is 20.6. The Morgan fingerprint density at radius 1 is 1.30 bits per heavy atom. The molecular formula is C18H26F3N3O3. The Kier molecular flexibility index (Phi) is 7.73. The van der Waals surface area contributed by atoms with Crippen molar-refractivity contribution in [3.8, 4) is 5.75 Å². The van der Waals surface area contributed by atoms with Crippen molar-refractivity contribution < 1.29 is 27.8 Å². The molecule has 1 aromatic carbocycles. The molecule has 1 saturated heterocycles. The van der Waals surface area contributed by atoms with Crippen LogP contribution < -0.4 is 15.4 Å². The van der Waals surface area contributed by atoms with Crippen molar-refractivity contribution in [2.75, 3.05) is 40.0 Å². The lowest BCUT2D eigenvalue weighted by molar-refractivity contribution is -0.274. The van der Waals surface area contributed by atoms with Crippen LogP contribution in [0.5, 0.6) is 5.75 Å². The number of guanidine groups is 1. The van der Waals surface area contributed by atoms with Gasteiger partial charge < -0.3 is 25.2 Å². The van der Waals surface area contributed by atoms with Gasteiger partial charge in [-0.05, 0) is 37.0 Å². The lowest BCUT2D eigenvalue weighted by Gasteiger charge is -2.27. The maximum Gasteiger partial charge on any atom is 0.573 e. The minimum Gasteiger partial charge on any atom is -0.406 e. The summed E-state index contributed by atoms with van der Waals surface area (Å²) in [6, 6.07) is 5.80. The number of nitrogens with one attached hydrogen (secondary N) is 2. The molecule has 0 spiro atoms. The topological polar surface area (TPSA) is 75.1 Å². The Hall–Kier alpha value is -2.00. The van der Waals surface area contributed by atoms with Gasteiger partial charge in [0.05, 0.1) is 6.61 Å². The minimum absolute atomic E-state index is 0.0827. The first-order valence-electron chi connectivity index (χ1n) is 8.84. The van der Waals surface area contributed by atoms with Gasteiger partial charge >= 0.3 is 6.36 Å². The first kappa shape index (κ1) is 21.3. The number of ether oxygens (including phenoxy) is 2. The number of hydrogen-bond acceptors (Lipinski definition) is 4. The smallest absolute Gasteiger partial charge is 0.406 e. The predicted octanol–water partition coefficient (Wildman–Crippen LogP) is 2.08. The van der Waals surface area contributed by atoms with Crippen LogP contribution in [0.1, 0.15) is 18.4 Å². The number of alkyl halides is 3. The van der Waals surface area contributed by atoms with Gasteiger partial charge in [-0.3, -0.25) is 4.99 Å². The Morgan fingerprint density at radius 2 is 2.04 bits per heavy atom. The first-order chi connectivity index (χ1) is 12.9. The van der Waals surface area contributed by atoms with Crippen molar-refractivity contribution in [1.82, 2.24) is 10.6 Å². The first-order valence-corrected chi connectivity index (χ1v) is 8.84. The molecule has 0 aromatic heterocycles. The molecule has 0 amide bonds. The van der Waals surface area contributed by atoms with Gasteiger partial charge in [-0.15, -0.1) is 13.2 Å². The number of aliphatic imine (C=N–C) groups is 1. The van der Waals surface area contributed by atoms with Crippen LogP contribution in [0, 0.1) is 5.41 Å². The zero-order valence-corrected chi connectivity index (χ0v) is 15.3. The maximum absolute atomic E-state index is 12.2. The SMILES string of the molecule is CN=C(NCCc1ccc(OC(F)(F)F)cc1)NCC1(CCO)CCOC1. The summed E-state index contributed by atoms with van der Waals surface area (Å²) in [5.74, 6) is 0.404. The Labute approximate surface area is 156 Å². The van der Waals surface area contributed by atoms with E-state index >= 15 is 0 Å². The van der Waals surface area contributed by atoms with Crippen molar-refractivity contribution in [2.45, 2.75) is 25.6 Å². The molecule has 0 bridgehead atoms. The number of hydrogen-bond donors (Lipinski definition) is 3. The molecule has 1 aliphatic rings. The molecule has 1 fully saturated rings. The van der Waals surface area contributed by atoms with Crippen LogP contribution in [0.15, 0.2) is 29.3 Å². The fourth-order valence-electron chi connectivity index (χ4n) is 2.99. The van der Waals surface area contributed by atoms with Crippen LogP contribution in [0.4, 0.5) is 13.2 Å². The molecule has 1 unspecified atom stereocenters. The second-order valence-corrected chi connectivity index (χ2v) is 6.57. The highest BCUT2D eigenvalue weighted by Gasteiger charge is 2.34. The second-order valence-electron chi connectivity index (χ2n) is 6.57. The average molecular weight is 389 g/mol. The van der Waals surface area contributed by atoms with E-state index < -0.39 is 6.36 Å². The molecule has 1 aliphatic heterocycles. The molecule has 27 heavy (non-hydrogen) atoms. The van der Waals surface area contributed by atoms with Gasteiger partial charge in [0.2, 0.25) is 0 Å². The summed E-state index contributed by atoms with van der Waals surface area (Å²) in [5, 5.41) is 15.7. The van der Waals surface area contributed by atoms with E-state index in [1.54, 1.807) is 19.2 Å². The summed E-state index contributed by atoms with van der Waals surface area (Å²) in [4.78, 5) is 4.17. The van der Waals surface area contributed by atoms with E-state index in [1.807, 2.05) is 0 Å². The number of rotatable bonds is 8. The monoisotopic (exact) mass is 389 g/mol. The molecule has 0 saturated carbocycles. The van der Waals surface area contributed by atoms with Crippen molar-refractivity contribution in [3.63, 3.8) is 0 Å². The number of aliphatic hydroxyl groups excluding tert-OH is 1. The molecule has 1 aromatic rings. The second kappa shape index (κ2) is 9.80. The summed E-state index contributed by atoms with van der Waals surface area (Å²) < 4.78 is 45.8. The summed E-state index contributed by atoms with van der Waals surface area (Å²) in [6.07, 6.45) is -2.50. The van der Waals surface area contributed by atoms with Gasteiger partial charge in [0.15, 0.2) is 5.96 Å². The third-order valence-electron chi connectivity index (χ3n) is 4.54. The Balaban J connectivity index is 1.76. The quantitative estimate of drug-likeness (QED) is 0.469. The number of benzene rings is 1. The summed E-state index contributed by atoms with van der Waals surface area (Å²) >= 11 is 0. The van der Waals surface area contributed by atoms with E-state index in [-0.39, 0.29) is 17.8 Å². The van der Waals surface area contributed by atoms with E-state index in [0.29, 0.717) is 45.1 Å². The third kappa shape index (κ3) is 7.26. The molecule has 0 radical (unpaired) electrons. The van der Waals surface area contributed by atoms with E-state index in [2.05, 4.69) is 20.4 Å². The number of aliphatic hydroxyl groups is 1. The van der Waals surface area contributed by atoms with Gasteiger partial charge in [0.1, 0.15) is 5.75 Å². The van der Waals surface area contributed by atoms with E-state index in [1.165, 1.54) is 12.1 Å². The van der Waals surface area contributed by atoms with Gasteiger partial charge in [-0.25, -0.2) is 0 Å². The van der Waals surface area contributed by atoms with Gasteiger partial charge in [0, 0.05) is 38.8 Å². The lowest BCUT2D eigenvalue weighted by atomic mass is 9.84. The summed E-state index contributed by atoms with van der Waals surface area (Å²) in [5.41, 5.74) is 0.800. The molecule has 1 atom stereocenters. The highest BCUT2D eigenvalue weighted by Crippen LogP contribution is 2.31. The molecule has 3 N–H and O–H groups in total. The fourth-order valence-corrected chi connectivity index (χ4v) is 2.99.